The molecule has 47 heavy (non-hydrogen) atoms. The molecule has 1 atom stereocenters. The fourth-order valence-corrected chi connectivity index (χ4v) is 6.35. The van der Waals surface area contributed by atoms with Crippen LogP contribution in [0.25, 0.3) is 22.5 Å². The van der Waals surface area contributed by atoms with Crippen LogP contribution in [0.1, 0.15) is 18.1 Å². The maximum atomic E-state index is 14.2. The second-order valence-electron chi connectivity index (χ2n) is 12.8. The first-order valence-electron chi connectivity index (χ1n) is 15.2. The zero-order valence-electron chi connectivity index (χ0n) is 26.6. The minimum Gasteiger partial charge on any atom is -0.356 e. The molecule has 3 heterocycles. The van der Waals surface area contributed by atoms with Crippen molar-refractivity contribution in [3.05, 3.63) is 82.5 Å². The van der Waals surface area contributed by atoms with Crippen LogP contribution in [0, 0.1) is 11.6 Å². The molecule has 2 aromatic heterocycles. The number of nitrogens with one attached hydrogen (secondary N) is 1. The third-order valence-corrected chi connectivity index (χ3v) is 9.88. The van der Waals surface area contributed by atoms with Crippen molar-refractivity contribution in [2.75, 3.05) is 42.8 Å². The number of piperazine rings is 1. The zero-order chi connectivity index (χ0) is 33.9. The van der Waals surface area contributed by atoms with Crippen molar-refractivity contribution >= 4 is 31.4 Å². The molecular weight excluding hydrogens is 657 g/mol. The molecule has 1 aliphatic heterocycles. The standard InChI is InChI=1S/C33H37ClF5N5O2Si/c1-21-18-43(31-26(34)15-22(17-40-31)19-46-20-45-13-14-47(2,3)4)11-12-44(21)32-41-29(23-5-8-25(9-6-23)33(37,38)39)30(42-32)24-7-10-27(35)28(36)16-24/h5-10,15-17,21H,11-14,18-20H2,1-4H3,(H,41,42)/t21-/m1/s1. The number of halogens is 6. The summed E-state index contributed by atoms with van der Waals surface area (Å²) in [5.41, 5.74) is 1.41. The first kappa shape index (κ1) is 34.8. The fourth-order valence-electron chi connectivity index (χ4n) is 5.29. The first-order valence-corrected chi connectivity index (χ1v) is 19.3. The molecular formula is C33H37ClF5N5O2Si. The molecule has 0 spiro atoms. The van der Waals surface area contributed by atoms with Gasteiger partial charge in [0.15, 0.2) is 11.6 Å². The minimum absolute atomic E-state index is 0.0951. The predicted molar refractivity (Wildman–Crippen MR) is 176 cm³/mol. The summed E-state index contributed by atoms with van der Waals surface area (Å²) in [6.07, 6.45) is -2.76. The Labute approximate surface area is 276 Å². The first-order chi connectivity index (χ1) is 22.2. The van der Waals surface area contributed by atoms with Crippen molar-refractivity contribution in [1.82, 2.24) is 15.0 Å². The molecule has 0 amide bonds. The van der Waals surface area contributed by atoms with E-state index in [9.17, 15) is 22.0 Å². The molecule has 0 radical (unpaired) electrons. The highest BCUT2D eigenvalue weighted by Crippen LogP contribution is 2.37. The number of pyridine rings is 1. The second-order valence-corrected chi connectivity index (χ2v) is 18.8. The van der Waals surface area contributed by atoms with Crippen molar-refractivity contribution in [3.8, 4) is 22.5 Å². The van der Waals surface area contributed by atoms with E-state index in [0.29, 0.717) is 60.9 Å². The van der Waals surface area contributed by atoms with Gasteiger partial charge in [-0.3, -0.25) is 0 Å². The number of aromatic nitrogens is 3. The number of aromatic amines is 1. The van der Waals surface area contributed by atoms with E-state index in [4.69, 9.17) is 26.1 Å². The quantitative estimate of drug-likeness (QED) is 0.0735. The summed E-state index contributed by atoms with van der Waals surface area (Å²) < 4.78 is 78.9. The molecule has 0 saturated carbocycles. The van der Waals surface area contributed by atoms with E-state index in [1.807, 2.05) is 17.9 Å². The van der Waals surface area contributed by atoms with Crippen LogP contribution in [-0.2, 0) is 22.3 Å². The van der Waals surface area contributed by atoms with Gasteiger partial charge in [-0.15, -0.1) is 0 Å². The summed E-state index contributed by atoms with van der Waals surface area (Å²) in [6, 6.07) is 10.8. The smallest absolute Gasteiger partial charge is 0.356 e. The summed E-state index contributed by atoms with van der Waals surface area (Å²) in [4.78, 5) is 16.7. The van der Waals surface area contributed by atoms with E-state index in [-0.39, 0.29) is 24.1 Å². The highest BCUT2D eigenvalue weighted by atomic mass is 35.5. The van der Waals surface area contributed by atoms with E-state index >= 15 is 0 Å². The summed E-state index contributed by atoms with van der Waals surface area (Å²) in [6.45, 7) is 11.7. The molecule has 1 saturated heterocycles. The molecule has 7 nitrogen and oxygen atoms in total. The highest BCUT2D eigenvalue weighted by Gasteiger charge is 2.31. The van der Waals surface area contributed by atoms with Crippen LogP contribution in [-0.4, -0.2) is 62.1 Å². The topological polar surface area (TPSA) is 66.5 Å². The largest absolute Gasteiger partial charge is 0.416 e. The van der Waals surface area contributed by atoms with Crippen molar-refractivity contribution in [2.24, 2.45) is 0 Å². The van der Waals surface area contributed by atoms with Crippen molar-refractivity contribution in [2.45, 2.75) is 51.4 Å². The lowest BCUT2D eigenvalue weighted by molar-refractivity contribution is -0.137. The normalized spacial score (nSPS) is 15.8. The lowest BCUT2D eigenvalue weighted by Gasteiger charge is -2.40. The van der Waals surface area contributed by atoms with Crippen LogP contribution in [0.2, 0.25) is 30.7 Å². The lowest BCUT2D eigenvalue weighted by atomic mass is 10.0. The molecule has 0 unspecified atom stereocenters. The van der Waals surface area contributed by atoms with E-state index < -0.39 is 31.4 Å². The third kappa shape index (κ3) is 8.69. The van der Waals surface area contributed by atoms with E-state index in [1.54, 1.807) is 6.20 Å². The summed E-state index contributed by atoms with van der Waals surface area (Å²) >= 11 is 6.65. The molecule has 4 aromatic rings. The fraction of sp³-hybridized carbons (Fsp3) is 0.394. The maximum Gasteiger partial charge on any atom is 0.416 e. The molecule has 14 heteroatoms. The number of anilines is 2. The average Bonchev–Trinajstić information content (AvgIpc) is 3.44. The number of ether oxygens (including phenoxy) is 2. The Morgan fingerprint density at radius 3 is 2.34 bits per heavy atom. The van der Waals surface area contributed by atoms with Gasteiger partial charge in [-0.2, -0.15) is 13.2 Å². The van der Waals surface area contributed by atoms with E-state index in [1.165, 1.54) is 18.2 Å². The van der Waals surface area contributed by atoms with Gasteiger partial charge in [-0.25, -0.2) is 18.7 Å². The maximum absolute atomic E-state index is 14.2. The second kappa shape index (κ2) is 14.3. The SMILES string of the molecule is C[C@@H]1CN(c2ncc(COCOCC[Si](C)(C)C)cc2Cl)CCN1c1nc(-c2ccc(F)c(F)c2)c(-c2ccc(C(F)(F)F)cc2)[nH]1. The Balaban J connectivity index is 1.30. The number of nitrogens with zero attached hydrogens (tertiary/aromatic N) is 4. The molecule has 1 N–H and O–H groups in total. The van der Waals surface area contributed by atoms with Crippen molar-refractivity contribution in [1.29, 1.82) is 0 Å². The molecule has 1 aliphatic rings. The number of H-pyrrole nitrogens is 1. The van der Waals surface area contributed by atoms with Gasteiger partial charge in [0, 0.05) is 57.7 Å². The van der Waals surface area contributed by atoms with Gasteiger partial charge in [0.05, 0.1) is 28.6 Å². The van der Waals surface area contributed by atoms with Crippen LogP contribution < -0.4 is 9.80 Å². The summed E-state index contributed by atoms with van der Waals surface area (Å²) in [5, 5.41) is 0.495. The van der Waals surface area contributed by atoms with Gasteiger partial charge in [0.2, 0.25) is 5.95 Å². The number of hydrogen-bond acceptors (Lipinski definition) is 6. The third-order valence-electron chi connectivity index (χ3n) is 7.89. The Morgan fingerprint density at radius 2 is 1.70 bits per heavy atom. The number of rotatable bonds is 11. The van der Waals surface area contributed by atoms with Crippen molar-refractivity contribution < 1.29 is 31.4 Å². The van der Waals surface area contributed by atoms with Gasteiger partial charge in [-0.1, -0.05) is 43.4 Å². The van der Waals surface area contributed by atoms with Gasteiger partial charge >= 0.3 is 6.18 Å². The van der Waals surface area contributed by atoms with E-state index in [2.05, 4.69) is 34.5 Å². The Kier molecular flexibility index (Phi) is 10.6. The van der Waals surface area contributed by atoms with Crippen LogP contribution in [0.15, 0.2) is 54.7 Å². The average molecular weight is 694 g/mol. The van der Waals surface area contributed by atoms with Crippen LogP contribution in [0.5, 0.6) is 0 Å². The number of hydrogen-bond donors (Lipinski definition) is 1. The zero-order valence-corrected chi connectivity index (χ0v) is 28.4. The molecule has 5 rings (SSSR count). The number of alkyl halides is 3. The molecule has 0 aliphatic carbocycles. The summed E-state index contributed by atoms with van der Waals surface area (Å²) in [7, 11) is -1.16. The van der Waals surface area contributed by atoms with Crippen LogP contribution in [0.4, 0.5) is 33.7 Å². The molecule has 1 fully saturated rings. The molecule has 252 valence electrons. The lowest BCUT2D eigenvalue weighted by Crippen LogP contribution is -2.52. The molecule has 0 bridgehead atoms. The number of benzene rings is 2. The van der Waals surface area contributed by atoms with Gasteiger partial charge < -0.3 is 24.3 Å². The van der Waals surface area contributed by atoms with Crippen molar-refractivity contribution in [3.63, 3.8) is 0 Å². The molecule has 2 aromatic carbocycles. The van der Waals surface area contributed by atoms with Crippen LogP contribution >= 0.6 is 11.6 Å². The summed E-state index contributed by atoms with van der Waals surface area (Å²) in [5.74, 6) is -0.980. The van der Waals surface area contributed by atoms with Gasteiger partial charge in [0.1, 0.15) is 12.6 Å². The van der Waals surface area contributed by atoms with E-state index in [0.717, 1.165) is 35.9 Å². The predicted octanol–water partition coefficient (Wildman–Crippen LogP) is 8.63. The Bertz CT molecular complexity index is 1680. The Hall–Kier alpha value is -3.52. The number of imidazole rings is 1. The highest BCUT2D eigenvalue weighted by molar-refractivity contribution is 6.76. The van der Waals surface area contributed by atoms with Crippen LogP contribution in [0.3, 0.4) is 0 Å². The monoisotopic (exact) mass is 693 g/mol. The Morgan fingerprint density at radius 1 is 0.979 bits per heavy atom. The minimum atomic E-state index is -4.50. The van der Waals surface area contributed by atoms with Gasteiger partial charge in [0.25, 0.3) is 0 Å². The van der Waals surface area contributed by atoms with Gasteiger partial charge in [-0.05, 0) is 54.9 Å².